The zero-order chi connectivity index (χ0) is 20.9. The third-order valence-corrected chi connectivity index (χ3v) is 4.77. The molecule has 0 radical (unpaired) electrons. The smallest absolute Gasteiger partial charge is 0.416 e. The molecule has 1 aromatic rings. The molecule has 28 heavy (non-hydrogen) atoms. The first-order valence-electron chi connectivity index (χ1n) is 8.95. The maximum absolute atomic E-state index is 12.9. The molecule has 1 heterocycles. The van der Waals surface area contributed by atoms with Gasteiger partial charge in [0.1, 0.15) is 12.2 Å². The molecule has 6 nitrogen and oxygen atoms in total. The number of carbonyl (C=O) groups is 3. The second kappa shape index (κ2) is 9.07. The van der Waals surface area contributed by atoms with Crippen LogP contribution in [0.5, 0.6) is 0 Å². The van der Waals surface area contributed by atoms with Gasteiger partial charge in [-0.15, -0.1) is 0 Å². The van der Waals surface area contributed by atoms with Gasteiger partial charge in [-0.1, -0.05) is 18.2 Å². The Kier molecular flexibility index (Phi) is 7.04. The Morgan fingerprint density at radius 2 is 2.00 bits per heavy atom. The molecular weight excluding hydrogens is 379 g/mol. The number of hydrogen-bond acceptors (Lipinski definition) is 4. The SMILES string of the molecule is CCOC(=O)CC(=O)[C@H]1CCN(C(=O)O)[C@@H](Cc2cccc(C(F)(F)F)c2)C1. The molecule has 1 aliphatic heterocycles. The number of amides is 1. The zero-order valence-corrected chi connectivity index (χ0v) is 15.4. The number of Topliss-reactive ketones (excluding diaryl/α,β-unsaturated/α-hetero) is 1. The molecule has 0 unspecified atom stereocenters. The fraction of sp³-hybridized carbons (Fsp3) is 0.526. The first kappa shape index (κ1) is 21.7. The van der Waals surface area contributed by atoms with E-state index in [1.165, 1.54) is 12.1 Å². The van der Waals surface area contributed by atoms with Crippen molar-refractivity contribution < 1.29 is 37.4 Å². The van der Waals surface area contributed by atoms with Gasteiger partial charge in [0, 0.05) is 18.5 Å². The van der Waals surface area contributed by atoms with E-state index in [-0.39, 0.29) is 44.6 Å². The summed E-state index contributed by atoms with van der Waals surface area (Å²) in [5, 5.41) is 9.40. The summed E-state index contributed by atoms with van der Waals surface area (Å²) in [5.74, 6) is -1.50. The van der Waals surface area contributed by atoms with Crippen LogP contribution in [0.15, 0.2) is 24.3 Å². The molecule has 1 amide bonds. The van der Waals surface area contributed by atoms with Crippen LogP contribution in [0.3, 0.4) is 0 Å². The lowest BCUT2D eigenvalue weighted by molar-refractivity contribution is -0.146. The van der Waals surface area contributed by atoms with Gasteiger partial charge in [-0.25, -0.2) is 4.79 Å². The van der Waals surface area contributed by atoms with Gasteiger partial charge >= 0.3 is 18.2 Å². The lowest BCUT2D eigenvalue weighted by Gasteiger charge is -2.37. The van der Waals surface area contributed by atoms with Crippen LogP contribution in [-0.2, 0) is 26.9 Å². The van der Waals surface area contributed by atoms with Crippen LogP contribution >= 0.6 is 0 Å². The minimum atomic E-state index is -4.49. The molecule has 1 aliphatic rings. The van der Waals surface area contributed by atoms with E-state index in [0.29, 0.717) is 5.56 Å². The van der Waals surface area contributed by atoms with Crippen LogP contribution in [0.25, 0.3) is 0 Å². The standard InChI is InChI=1S/C19H22F3NO5/c1-2-28-17(25)11-16(24)13-6-7-23(18(26)27)15(10-13)9-12-4-3-5-14(8-12)19(20,21)22/h3-5,8,13,15H,2,6-7,9-11H2,1H3,(H,26,27)/t13-,15-/m0/s1. The van der Waals surface area contributed by atoms with E-state index >= 15 is 0 Å². The van der Waals surface area contributed by atoms with Gasteiger partial charge in [-0.3, -0.25) is 9.59 Å². The molecule has 1 aromatic carbocycles. The fourth-order valence-electron chi connectivity index (χ4n) is 3.43. The van der Waals surface area contributed by atoms with Gasteiger partial charge in [-0.05, 0) is 37.8 Å². The van der Waals surface area contributed by atoms with Crippen LogP contribution in [0.4, 0.5) is 18.0 Å². The third-order valence-electron chi connectivity index (χ3n) is 4.77. The predicted octanol–water partition coefficient (Wildman–Crippen LogP) is 3.53. The molecule has 154 valence electrons. The number of esters is 1. The molecule has 0 aromatic heterocycles. The molecule has 2 atom stereocenters. The van der Waals surface area contributed by atoms with E-state index in [4.69, 9.17) is 4.74 Å². The summed E-state index contributed by atoms with van der Waals surface area (Å²) < 4.78 is 43.5. The molecule has 1 fully saturated rings. The largest absolute Gasteiger partial charge is 0.466 e. The normalized spacial score (nSPS) is 19.9. The summed E-state index contributed by atoms with van der Waals surface area (Å²) in [5.41, 5.74) is -0.470. The highest BCUT2D eigenvalue weighted by Gasteiger charge is 2.36. The number of ketones is 1. The van der Waals surface area contributed by atoms with Gasteiger partial charge in [0.2, 0.25) is 0 Å². The maximum Gasteiger partial charge on any atom is 0.416 e. The van der Waals surface area contributed by atoms with Crippen molar-refractivity contribution in [2.24, 2.45) is 5.92 Å². The Labute approximate surface area is 160 Å². The van der Waals surface area contributed by atoms with Crippen molar-refractivity contribution >= 4 is 17.8 Å². The van der Waals surface area contributed by atoms with Gasteiger partial charge in [0.25, 0.3) is 0 Å². The van der Waals surface area contributed by atoms with Gasteiger partial charge in [0.05, 0.1) is 12.2 Å². The Balaban J connectivity index is 2.13. The molecule has 9 heteroatoms. The van der Waals surface area contributed by atoms with E-state index in [0.717, 1.165) is 17.0 Å². The monoisotopic (exact) mass is 401 g/mol. The number of carbonyl (C=O) groups excluding carboxylic acids is 2. The van der Waals surface area contributed by atoms with Crippen LogP contribution < -0.4 is 0 Å². The topological polar surface area (TPSA) is 83.9 Å². The lowest BCUT2D eigenvalue weighted by Crippen LogP contribution is -2.48. The number of carboxylic acid groups (broad SMARTS) is 1. The van der Waals surface area contributed by atoms with Crippen LogP contribution in [0, 0.1) is 5.92 Å². The van der Waals surface area contributed by atoms with E-state index in [1.54, 1.807) is 6.92 Å². The molecule has 0 spiro atoms. The average molecular weight is 401 g/mol. The first-order valence-corrected chi connectivity index (χ1v) is 8.95. The summed E-state index contributed by atoms with van der Waals surface area (Å²) in [4.78, 5) is 36.5. The van der Waals surface area contributed by atoms with Crippen molar-refractivity contribution in [3.63, 3.8) is 0 Å². The van der Waals surface area contributed by atoms with Crippen molar-refractivity contribution in [3.8, 4) is 0 Å². The molecule has 0 aliphatic carbocycles. The number of alkyl halides is 3. The molecule has 1 saturated heterocycles. The van der Waals surface area contributed by atoms with E-state index in [9.17, 15) is 32.7 Å². The highest BCUT2D eigenvalue weighted by atomic mass is 19.4. The van der Waals surface area contributed by atoms with Crippen LogP contribution in [0.1, 0.15) is 37.3 Å². The van der Waals surface area contributed by atoms with E-state index in [2.05, 4.69) is 0 Å². The Morgan fingerprint density at radius 3 is 2.61 bits per heavy atom. The van der Waals surface area contributed by atoms with Crippen molar-refractivity contribution in [1.82, 2.24) is 4.90 Å². The number of ether oxygens (including phenoxy) is 1. The van der Waals surface area contributed by atoms with Gasteiger partial charge in [-0.2, -0.15) is 13.2 Å². The Hall–Kier alpha value is -2.58. The van der Waals surface area contributed by atoms with E-state index < -0.39 is 35.8 Å². The minimum Gasteiger partial charge on any atom is -0.466 e. The summed E-state index contributed by atoms with van der Waals surface area (Å²) in [6, 6.07) is 4.06. The quantitative estimate of drug-likeness (QED) is 0.582. The Morgan fingerprint density at radius 1 is 1.29 bits per heavy atom. The molecule has 1 N–H and O–H groups in total. The Bertz CT molecular complexity index is 735. The molecule has 0 saturated carbocycles. The van der Waals surface area contributed by atoms with Crippen LogP contribution in [-0.4, -0.2) is 47.0 Å². The summed E-state index contributed by atoms with van der Waals surface area (Å²) in [6.45, 7) is 1.86. The fourth-order valence-corrected chi connectivity index (χ4v) is 3.43. The molecular formula is C19H22F3NO5. The molecule has 2 rings (SSSR count). The number of likely N-dealkylation sites (tertiary alicyclic amines) is 1. The van der Waals surface area contributed by atoms with E-state index in [1.807, 2.05) is 0 Å². The third kappa shape index (κ3) is 5.71. The molecule has 0 bridgehead atoms. The summed E-state index contributed by atoms with van der Waals surface area (Å²) in [6.07, 6.45) is -5.59. The number of nitrogens with zero attached hydrogens (tertiary/aromatic N) is 1. The zero-order valence-electron chi connectivity index (χ0n) is 15.4. The number of benzene rings is 1. The number of rotatable bonds is 6. The average Bonchev–Trinajstić information content (AvgIpc) is 2.61. The van der Waals surface area contributed by atoms with Gasteiger partial charge in [0.15, 0.2) is 0 Å². The van der Waals surface area contributed by atoms with Crippen molar-refractivity contribution in [3.05, 3.63) is 35.4 Å². The lowest BCUT2D eigenvalue weighted by atomic mass is 9.84. The maximum atomic E-state index is 12.9. The number of halogens is 3. The number of hydrogen-bond donors (Lipinski definition) is 1. The number of piperidine rings is 1. The van der Waals surface area contributed by atoms with Crippen molar-refractivity contribution in [2.75, 3.05) is 13.2 Å². The minimum absolute atomic E-state index is 0.0550. The van der Waals surface area contributed by atoms with Crippen molar-refractivity contribution in [1.29, 1.82) is 0 Å². The second-order valence-electron chi connectivity index (χ2n) is 6.70. The van der Waals surface area contributed by atoms with Crippen LogP contribution in [0.2, 0.25) is 0 Å². The second-order valence-corrected chi connectivity index (χ2v) is 6.70. The predicted molar refractivity (Wildman–Crippen MR) is 92.6 cm³/mol. The first-order chi connectivity index (χ1) is 13.1. The summed E-state index contributed by atoms with van der Waals surface area (Å²) >= 11 is 0. The highest BCUT2D eigenvalue weighted by molar-refractivity contribution is 5.96. The summed E-state index contributed by atoms with van der Waals surface area (Å²) in [7, 11) is 0. The van der Waals surface area contributed by atoms with Gasteiger partial charge < -0.3 is 14.7 Å². The van der Waals surface area contributed by atoms with Crippen molar-refractivity contribution in [2.45, 2.75) is 44.8 Å². The highest BCUT2D eigenvalue weighted by Crippen LogP contribution is 2.31.